The van der Waals surface area contributed by atoms with Gasteiger partial charge in [0.2, 0.25) is 5.91 Å². The fourth-order valence-electron chi connectivity index (χ4n) is 5.00. The molecule has 2 aromatic heterocycles. The molecule has 1 aliphatic rings. The number of nitrogens with one attached hydrogen (secondary N) is 2. The van der Waals surface area contributed by atoms with Gasteiger partial charge < -0.3 is 30.9 Å². The Morgan fingerprint density at radius 2 is 2.12 bits per heavy atom. The number of nitrogens with two attached hydrogens (primary N) is 1. The lowest BCUT2D eigenvalue weighted by atomic mass is 10.0. The topological polar surface area (TPSA) is 136 Å². The van der Waals surface area contributed by atoms with Gasteiger partial charge in [-0.05, 0) is 72.9 Å². The number of aromatic hydroxyl groups is 1. The van der Waals surface area contributed by atoms with E-state index in [1.165, 1.54) is 6.92 Å². The first-order valence-corrected chi connectivity index (χ1v) is 13.8. The number of phenols is 1. The summed E-state index contributed by atoms with van der Waals surface area (Å²) in [5, 5.41) is 21.0. The molecular weight excluding hydrogens is 520 g/mol. The molecule has 0 aliphatic carbocycles. The zero-order valence-corrected chi connectivity index (χ0v) is 23.6. The zero-order chi connectivity index (χ0) is 28.9. The molecule has 1 atom stereocenters. The second kappa shape index (κ2) is 12.3. The van der Waals surface area contributed by atoms with Crippen molar-refractivity contribution in [1.82, 2.24) is 14.9 Å². The third-order valence-corrected chi connectivity index (χ3v) is 7.13. The van der Waals surface area contributed by atoms with Gasteiger partial charge in [0, 0.05) is 25.3 Å². The highest BCUT2D eigenvalue weighted by Crippen LogP contribution is 2.33. The third-order valence-electron chi connectivity index (χ3n) is 7.13. The van der Waals surface area contributed by atoms with Crippen LogP contribution in [0.15, 0.2) is 59.9 Å². The lowest BCUT2D eigenvalue weighted by Gasteiger charge is -2.17. The fraction of sp³-hybridized carbons (Fsp3) is 0.323. The van der Waals surface area contributed by atoms with Crippen LogP contribution in [0.5, 0.6) is 11.5 Å². The Balaban J connectivity index is 1.50. The molecule has 4 aromatic rings. The number of carbonyl (C=O) groups is 1. The number of aromatic nitrogens is 2. The highest BCUT2D eigenvalue weighted by molar-refractivity contribution is 6.06. The summed E-state index contributed by atoms with van der Waals surface area (Å²) in [5.74, 6) is 1.20. The number of aryl methyl sites for hydroxylation is 2. The van der Waals surface area contributed by atoms with E-state index in [2.05, 4.69) is 21.8 Å². The van der Waals surface area contributed by atoms with Crippen LogP contribution in [0.2, 0.25) is 0 Å². The number of nitrogens with zero attached hydrogens (tertiary/aromatic N) is 3. The van der Waals surface area contributed by atoms with Crippen LogP contribution >= 0.6 is 0 Å². The molecule has 214 valence electrons. The largest absolute Gasteiger partial charge is 0.508 e. The number of carbonyl (C=O) groups excluding carboxylic acids is 1. The Hall–Kier alpha value is -4.57. The van der Waals surface area contributed by atoms with E-state index < -0.39 is 0 Å². The first-order valence-electron chi connectivity index (χ1n) is 13.8. The van der Waals surface area contributed by atoms with Gasteiger partial charge in [0.25, 0.3) is 0 Å². The van der Waals surface area contributed by atoms with Gasteiger partial charge in [-0.1, -0.05) is 13.0 Å². The van der Waals surface area contributed by atoms with Crippen LogP contribution in [-0.2, 0) is 16.0 Å². The number of benzene rings is 2. The van der Waals surface area contributed by atoms with E-state index in [9.17, 15) is 9.90 Å². The van der Waals surface area contributed by atoms with Crippen molar-refractivity contribution in [3.63, 3.8) is 0 Å². The minimum absolute atomic E-state index is 0.0777. The number of aliphatic imine (C=N–C) groups is 1. The molecule has 3 heterocycles. The van der Waals surface area contributed by atoms with Crippen LogP contribution in [0.4, 0.5) is 11.4 Å². The highest BCUT2D eigenvalue weighted by atomic mass is 16.5. The number of ether oxygens (including phenoxy) is 2. The lowest BCUT2D eigenvalue weighted by molar-refractivity contribution is -0.119. The van der Waals surface area contributed by atoms with Gasteiger partial charge in [0.15, 0.2) is 0 Å². The fourth-order valence-corrected chi connectivity index (χ4v) is 5.00. The Morgan fingerprint density at radius 1 is 1.27 bits per heavy atom. The minimum Gasteiger partial charge on any atom is -0.508 e. The summed E-state index contributed by atoms with van der Waals surface area (Å²) in [7, 11) is 0. The van der Waals surface area contributed by atoms with E-state index in [0.29, 0.717) is 49.9 Å². The second-order valence-corrected chi connectivity index (χ2v) is 10.2. The van der Waals surface area contributed by atoms with Crippen LogP contribution < -0.4 is 21.1 Å². The Morgan fingerprint density at radius 3 is 2.85 bits per heavy atom. The Kier molecular flexibility index (Phi) is 8.39. The van der Waals surface area contributed by atoms with E-state index in [1.54, 1.807) is 24.4 Å². The number of fused-ring (bicyclic) bond motifs is 1. The summed E-state index contributed by atoms with van der Waals surface area (Å²) >= 11 is 0. The summed E-state index contributed by atoms with van der Waals surface area (Å²) in [6.07, 6.45) is 5.33. The van der Waals surface area contributed by atoms with E-state index in [4.69, 9.17) is 20.2 Å². The molecule has 10 heteroatoms. The molecule has 10 nitrogen and oxygen atoms in total. The molecule has 0 saturated carbocycles. The van der Waals surface area contributed by atoms with E-state index in [1.807, 2.05) is 42.8 Å². The number of phenolic OH excluding ortho intramolecular Hbond substituents is 1. The van der Waals surface area contributed by atoms with Crippen molar-refractivity contribution in [2.45, 2.75) is 39.7 Å². The molecule has 1 aliphatic heterocycles. The number of amides is 1. The quantitative estimate of drug-likeness (QED) is 0.130. The normalized spacial score (nSPS) is 15.3. The summed E-state index contributed by atoms with van der Waals surface area (Å²) in [6, 6.07) is 13.3. The van der Waals surface area contributed by atoms with Gasteiger partial charge in [0.1, 0.15) is 23.9 Å². The molecule has 1 saturated heterocycles. The minimum atomic E-state index is -0.0777. The maximum atomic E-state index is 11.1. The van der Waals surface area contributed by atoms with Crippen molar-refractivity contribution in [2.75, 3.05) is 31.7 Å². The zero-order valence-electron chi connectivity index (χ0n) is 23.6. The van der Waals surface area contributed by atoms with Gasteiger partial charge in [-0.25, -0.2) is 9.51 Å². The number of hydrogen-bond acceptors (Lipinski definition) is 7. The second-order valence-electron chi connectivity index (χ2n) is 10.2. The molecule has 41 heavy (non-hydrogen) atoms. The molecule has 1 fully saturated rings. The van der Waals surface area contributed by atoms with Crippen molar-refractivity contribution in [3.05, 3.63) is 71.5 Å². The highest BCUT2D eigenvalue weighted by Gasteiger charge is 2.21. The van der Waals surface area contributed by atoms with Crippen LogP contribution in [-0.4, -0.2) is 58.9 Å². The maximum Gasteiger partial charge on any atom is 0.216 e. The standard InChI is InChI=1S/C31H36N6O4/c1-4-21-14-24(39)5-8-28(21)36-31(32)27-16-34-37-17-22(15-29(37)30(27)35-23-9-11-40-18-23)26-7-6-25(13-19(26)2)41-12-10-33-20(3)38/h5-8,13-17,23,35,39H,4,9-12,18H2,1-3H3,(H2,32,36)(H,33,38)/t23-/m0/s1. The van der Waals surface area contributed by atoms with Gasteiger partial charge in [-0.3, -0.25) is 4.79 Å². The van der Waals surface area contributed by atoms with Crippen LogP contribution in [0.3, 0.4) is 0 Å². The summed E-state index contributed by atoms with van der Waals surface area (Å²) in [6.45, 7) is 7.71. The molecular formula is C31H36N6O4. The van der Waals surface area contributed by atoms with E-state index >= 15 is 0 Å². The molecule has 5 N–H and O–H groups in total. The van der Waals surface area contributed by atoms with Crippen molar-refractivity contribution in [1.29, 1.82) is 0 Å². The first kappa shape index (κ1) is 28.0. The smallest absolute Gasteiger partial charge is 0.216 e. The van der Waals surface area contributed by atoms with Gasteiger partial charge >= 0.3 is 0 Å². The van der Waals surface area contributed by atoms with Crippen LogP contribution in [0.25, 0.3) is 16.6 Å². The van der Waals surface area contributed by atoms with Crippen molar-refractivity contribution < 1.29 is 19.4 Å². The molecule has 0 spiro atoms. The van der Waals surface area contributed by atoms with E-state index in [0.717, 1.165) is 45.6 Å². The molecule has 5 rings (SSSR count). The van der Waals surface area contributed by atoms with Gasteiger partial charge in [-0.15, -0.1) is 0 Å². The molecule has 1 amide bonds. The number of hydrogen-bond donors (Lipinski definition) is 4. The molecule has 0 unspecified atom stereocenters. The summed E-state index contributed by atoms with van der Waals surface area (Å²) in [4.78, 5) is 15.8. The first-order chi connectivity index (χ1) is 19.8. The average Bonchev–Trinajstić information content (AvgIpc) is 3.62. The third kappa shape index (κ3) is 6.44. The van der Waals surface area contributed by atoms with Gasteiger partial charge in [0.05, 0.1) is 47.8 Å². The van der Waals surface area contributed by atoms with E-state index in [-0.39, 0.29) is 17.7 Å². The lowest BCUT2D eigenvalue weighted by Crippen LogP contribution is -2.25. The maximum absolute atomic E-state index is 11.1. The van der Waals surface area contributed by atoms with Crippen LogP contribution in [0.1, 0.15) is 37.0 Å². The number of anilines is 1. The van der Waals surface area contributed by atoms with Crippen molar-refractivity contribution in [2.24, 2.45) is 10.7 Å². The van der Waals surface area contributed by atoms with Gasteiger partial charge in [-0.2, -0.15) is 5.10 Å². The van der Waals surface area contributed by atoms with Crippen molar-refractivity contribution in [3.8, 4) is 22.6 Å². The average molecular weight is 557 g/mol. The molecule has 2 aromatic carbocycles. The molecule has 0 radical (unpaired) electrons. The molecule has 0 bridgehead atoms. The predicted molar refractivity (Wildman–Crippen MR) is 160 cm³/mol. The monoisotopic (exact) mass is 556 g/mol. The number of rotatable bonds is 10. The predicted octanol–water partition coefficient (Wildman–Crippen LogP) is 4.33. The Labute approximate surface area is 239 Å². The Bertz CT molecular complexity index is 1590. The summed E-state index contributed by atoms with van der Waals surface area (Å²) in [5.41, 5.74) is 13.8. The SMILES string of the molecule is CCc1cc(O)ccc1N=C(N)c1cnn2cc(-c3ccc(OCCNC(C)=O)cc3C)cc2c1N[C@H]1CCOC1. The number of amidine groups is 1. The summed E-state index contributed by atoms with van der Waals surface area (Å²) < 4.78 is 13.3. The van der Waals surface area contributed by atoms with Crippen LogP contribution in [0, 0.1) is 6.92 Å². The van der Waals surface area contributed by atoms with Crippen molar-refractivity contribution >= 4 is 28.6 Å².